The highest BCUT2D eigenvalue weighted by Crippen LogP contribution is 2.29. The van der Waals surface area contributed by atoms with E-state index >= 15 is 0 Å². The molecule has 8 nitrogen and oxygen atoms in total. The zero-order valence-electron chi connectivity index (χ0n) is 18.1. The van der Waals surface area contributed by atoms with E-state index in [-0.39, 0.29) is 34.7 Å². The number of nitrogens with zero attached hydrogens (tertiary/aromatic N) is 2. The molecule has 32 heavy (non-hydrogen) atoms. The molecule has 1 fully saturated rings. The molecular weight excluding hydrogens is 450 g/mol. The highest BCUT2D eigenvalue weighted by atomic mass is 32.2. The quantitative estimate of drug-likeness (QED) is 0.612. The van der Waals surface area contributed by atoms with Gasteiger partial charge in [-0.25, -0.2) is 8.42 Å². The van der Waals surface area contributed by atoms with Crippen molar-refractivity contribution in [3.8, 4) is 5.75 Å². The van der Waals surface area contributed by atoms with Crippen molar-refractivity contribution in [2.75, 3.05) is 25.5 Å². The molecule has 1 aromatic heterocycles. The van der Waals surface area contributed by atoms with Crippen LogP contribution in [0.5, 0.6) is 5.75 Å². The van der Waals surface area contributed by atoms with Crippen LogP contribution in [0.3, 0.4) is 0 Å². The molecule has 1 amide bonds. The van der Waals surface area contributed by atoms with E-state index in [2.05, 4.69) is 5.32 Å². The number of thiazole rings is 1. The Balaban J connectivity index is 1.45. The van der Waals surface area contributed by atoms with Crippen molar-refractivity contribution in [3.05, 3.63) is 51.6 Å². The Labute approximate surface area is 190 Å². The molecule has 0 aliphatic carbocycles. The van der Waals surface area contributed by atoms with Crippen LogP contribution in [0.25, 0.3) is 10.2 Å². The first-order valence-electron chi connectivity index (χ1n) is 10.3. The number of amides is 1. The fourth-order valence-electron chi connectivity index (χ4n) is 3.94. The number of sulfonamides is 1. The molecule has 170 valence electrons. The summed E-state index contributed by atoms with van der Waals surface area (Å²) in [6.45, 7) is 2.45. The Morgan fingerprint density at radius 2 is 1.88 bits per heavy atom. The molecule has 1 aliphatic rings. The Kier molecular flexibility index (Phi) is 6.11. The molecule has 2 heterocycles. The number of hydrogen-bond donors (Lipinski definition) is 1. The summed E-state index contributed by atoms with van der Waals surface area (Å²) in [6.07, 6.45) is 0.861. The van der Waals surface area contributed by atoms with Crippen LogP contribution in [0.1, 0.15) is 18.4 Å². The number of anilines is 1. The minimum Gasteiger partial charge on any atom is -0.495 e. The Bertz CT molecular complexity index is 1340. The van der Waals surface area contributed by atoms with Crippen molar-refractivity contribution < 1.29 is 17.9 Å². The number of fused-ring (bicyclic) bond motifs is 1. The average molecular weight is 476 g/mol. The van der Waals surface area contributed by atoms with Crippen LogP contribution in [-0.2, 0) is 21.9 Å². The lowest BCUT2D eigenvalue weighted by Crippen LogP contribution is -2.41. The number of ether oxygens (including phenoxy) is 1. The minimum absolute atomic E-state index is 0.133. The van der Waals surface area contributed by atoms with E-state index in [1.165, 1.54) is 14.9 Å². The average Bonchev–Trinajstić information content (AvgIpc) is 3.07. The highest BCUT2D eigenvalue weighted by molar-refractivity contribution is 7.89. The summed E-state index contributed by atoms with van der Waals surface area (Å²) in [6, 6.07) is 10.3. The van der Waals surface area contributed by atoms with Gasteiger partial charge >= 0.3 is 4.87 Å². The number of rotatable bonds is 5. The fourth-order valence-corrected chi connectivity index (χ4v) is 6.43. The van der Waals surface area contributed by atoms with E-state index in [4.69, 9.17) is 4.74 Å². The van der Waals surface area contributed by atoms with Gasteiger partial charge < -0.3 is 14.6 Å². The van der Waals surface area contributed by atoms with Gasteiger partial charge in [-0.15, -0.1) is 0 Å². The van der Waals surface area contributed by atoms with Gasteiger partial charge in [0.15, 0.2) is 0 Å². The molecule has 1 N–H and O–H groups in total. The number of aromatic nitrogens is 1. The largest absolute Gasteiger partial charge is 0.495 e. The number of aryl methyl sites for hydroxylation is 2. The van der Waals surface area contributed by atoms with Crippen molar-refractivity contribution in [1.29, 1.82) is 0 Å². The van der Waals surface area contributed by atoms with E-state index in [1.54, 1.807) is 32.4 Å². The Morgan fingerprint density at radius 1 is 1.16 bits per heavy atom. The van der Waals surface area contributed by atoms with Gasteiger partial charge in [-0.2, -0.15) is 4.31 Å². The van der Waals surface area contributed by atoms with Gasteiger partial charge in [0.1, 0.15) is 5.75 Å². The predicted molar refractivity (Wildman–Crippen MR) is 125 cm³/mol. The summed E-state index contributed by atoms with van der Waals surface area (Å²) in [5.74, 6) is 0.164. The van der Waals surface area contributed by atoms with E-state index < -0.39 is 10.0 Å². The number of methoxy groups -OCH3 is 1. The van der Waals surface area contributed by atoms with Crippen LogP contribution in [0.15, 0.2) is 46.1 Å². The van der Waals surface area contributed by atoms with E-state index in [9.17, 15) is 18.0 Å². The van der Waals surface area contributed by atoms with E-state index in [0.29, 0.717) is 34.5 Å². The second-order valence-electron chi connectivity index (χ2n) is 7.93. The summed E-state index contributed by atoms with van der Waals surface area (Å²) < 4.78 is 35.2. The van der Waals surface area contributed by atoms with E-state index in [0.717, 1.165) is 16.9 Å². The molecule has 0 bridgehead atoms. The first-order valence-corrected chi connectivity index (χ1v) is 12.5. The first-order chi connectivity index (χ1) is 15.2. The van der Waals surface area contributed by atoms with Crippen molar-refractivity contribution in [2.24, 2.45) is 13.0 Å². The van der Waals surface area contributed by atoms with Gasteiger partial charge in [0.25, 0.3) is 0 Å². The number of carbonyl (C=O) groups excluding carboxylic acids is 1. The van der Waals surface area contributed by atoms with Crippen molar-refractivity contribution >= 4 is 43.2 Å². The monoisotopic (exact) mass is 475 g/mol. The highest BCUT2D eigenvalue weighted by Gasteiger charge is 2.32. The Morgan fingerprint density at radius 3 is 2.56 bits per heavy atom. The van der Waals surface area contributed by atoms with Crippen molar-refractivity contribution in [3.63, 3.8) is 0 Å². The third-order valence-corrected chi connectivity index (χ3v) is 8.73. The van der Waals surface area contributed by atoms with Gasteiger partial charge in [0.05, 0.1) is 27.9 Å². The zero-order chi connectivity index (χ0) is 23.0. The maximum Gasteiger partial charge on any atom is 0.307 e. The molecule has 10 heteroatoms. The zero-order valence-corrected chi connectivity index (χ0v) is 19.8. The Hall–Kier alpha value is -2.69. The maximum absolute atomic E-state index is 13.1. The standard InChI is InChI=1S/C22H25N3O5S2/c1-14-4-7-19(30-3)17(12-14)23-21(26)15-8-10-25(11-9-15)32(28,29)16-5-6-18-20(13-16)31-22(27)24(18)2/h4-7,12-13,15H,8-11H2,1-3H3,(H,23,26). The molecule has 1 aliphatic heterocycles. The number of piperidine rings is 1. The number of nitrogens with one attached hydrogen (secondary N) is 1. The van der Waals surface area contributed by atoms with Crippen LogP contribution >= 0.6 is 11.3 Å². The SMILES string of the molecule is COc1ccc(C)cc1NC(=O)C1CCN(S(=O)(=O)c2ccc3c(c2)sc(=O)n3C)CC1. The number of carbonyl (C=O) groups is 1. The van der Waals surface area contributed by atoms with Crippen LogP contribution in [0, 0.1) is 12.8 Å². The summed E-state index contributed by atoms with van der Waals surface area (Å²) in [5, 5.41) is 2.92. The van der Waals surface area contributed by atoms with E-state index in [1.807, 2.05) is 19.1 Å². The third kappa shape index (κ3) is 4.17. The number of benzene rings is 2. The van der Waals surface area contributed by atoms with Gasteiger partial charge in [0, 0.05) is 26.1 Å². The predicted octanol–water partition coefficient (Wildman–Crippen LogP) is 2.96. The van der Waals surface area contributed by atoms with Gasteiger partial charge in [0.2, 0.25) is 15.9 Å². The first kappa shape index (κ1) is 22.5. The van der Waals surface area contributed by atoms with Crippen LogP contribution in [-0.4, -0.2) is 43.4 Å². The van der Waals surface area contributed by atoms with Crippen molar-refractivity contribution in [1.82, 2.24) is 8.87 Å². The smallest absolute Gasteiger partial charge is 0.307 e. The normalized spacial score (nSPS) is 15.7. The maximum atomic E-state index is 13.1. The van der Waals surface area contributed by atoms with Gasteiger partial charge in [-0.3, -0.25) is 9.59 Å². The van der Waals surface area contributed by atoms with Gasteiger partial charge in [-0.1, -0.05) is 17.4 Å². The molecule has 0 saturated carbocycles. The third-order valence-electron chi connectivity index (χ3n) is 5.84. The fraction of sp³-hybridized carbons (Fsp3) is 0.364. The lowest BCUT2D eigenvalue weighted by atomic mass is 9.97. The topological polar surface area (TPSA) is 97.7 Å². The lowest BCUT2D eigenvalue weighted by Gasteiger charge is -2.30. The molecule has 0 unspecified atom stereocenters. The molecule has 4 rings (SSSR count). The molecule has 0 spiro atoms. The summed E-state index contributed by atoms with van der Waals surface area (Å²) in [7, 11) is -0.490. The van der Waals surface area contributed by atoms with Crippen molar-refractivity contribution in [2.45, 2.75) is 24.7 Å². The number of hydrogen-bond acceptors (Lipinski definition) is 6. The summed E-state index contributed by atoms with van der Waals surface area (Å²) >= 11 is 1.03. The molecule has 2 aromatic carbocycles. The second-order valence-corrected chi connectivity index (χ2v) is 10.9. The van der Waals surface area contributed by atoms with Crippen LogP contribution in [0.2, 0.25) is 0 Å². The molecule has 0 radical (unpaired) electrons. The van der Waals surface area contributed by atoms with Crippen LogP contribution < -0.4 is 14.9 Å². The lowest BCUT2D eigenvalue weighted by molar-refractivity contribution is -0.120. The van der Waals surface area contributed by atoms with Crippen LogP contribution in [0.4, 0.5) is 5.69 Å². The summed E-state index contributed by atoms with van der Waals surface area (Å²) in [4.78, 5) is 24.7. The summed E-state index contributed by atoms with van der Waals surface area (Å²) in [5.41, 5.74) is 2.33. The minimum atomic E-state index is -3.70. The molecule has 1 saturated heterocycles. The molecular formula is C22H25N3O5S2. The second kappa shape index (κ2) is 8.68. The molecule has 0 atom stereocenters. The molecule has 3 aromatic rings. The van der Waals surface area contributed by atoms with Gasteiger partial charge in [-0.05, 0) is 55.7 Å².